The van der Waals surface area contributed by atoms with Gasteiger partial charge in [0, 0.05) is 32.2 Å². The van der Waals surface area contributed by atoms with E-state index >= 15 is 0 Å². The van der Waals surface area contributed by atoms with Gasteiger partial charge in [-0.3, -0.25) is 0 Å². The van der Waals surface area contributed by atoms with Crippen molar-refractivity contribution < 1.29 is 0 Å². The summed E-state index contributed by atoms with van der Waals surface area (Å²) in [6.07, 6.45) is 0. The predicted octanol–water partition coefficient (Wildman–Crippen LogP) is 7.16. The van der Waals surface area contributed by atoms with Gasteiger partial charge in [-0.2, -0.15) is 9.61 Å². The molecule has 0 amide bonds. The number of hydrogen-bond donors (Lipinski definition) is 1. The van der Waals surface area contributed by atoms with E-state index < -0.39 is 0 Å². The lowest BCUT2D eigenvalue weighted by molar-refractivity contribution is 0.569. The zero-order valence-electron chi connectivity index (χ0n) is 16.8. The van der Waals surface area contributed by atoms with Gasteiger partial charge >= 0.3 is 0 Å². The van der Waals surface area contributed by atoms with Crippen LogP contribution in [0.3, 0.4) is 0 Å². The van der Waals surface area contributed by atoms with Crippen LogP contribution in [0.5, 0.6) is 0 Å². The Morgan fingerprint density at radius 3 is 2.38 bits per heavy atom. The van der Waals surface area contributed by atoms with Crippen LogP contribution in [0.1, 0.15) is 32.2 Å². The molecule has 0 radical (unpaired) electrons. The molecular formula is C23H22BrClN4. The molecule has 2 aromatic heterocycles. The van der Waals surface area contributed by atoms with E-state index in [4.69, 9.17) is 21.7 Å². The second-order valence-electron chi connectivity index (χ2n) is 8.08. The Morgan fingerprint density at radius 1 is 1.03 bits per heavy atom. The normalized spacial score (nSPS) is 11.8. The highest BCUT2D eigenvalue weighted by Crippen LogP contribution is 2.36. The highest BCUT2D eigenvalue weighted by Gasteiger charge is 2.23. The highest BCUT2D eigenvalue weighted by molar-refractivity contribution is 9.10. The first kappa shape index (κ1) is 19.9. The summed E-state index contributed by atoms with van der Waals surface area (Å²) in [5, 5.41) is 8.98. The third-order valence-electron chi connectivity index (χ3n) is 4.79. The Bertz CT molecular complexity index is 1190. The Balaban J connectivity index is 1.97. The molecule has 4 rings (SSSR count). The molecule has 0 aliphatic heterocycles. The maximum absolute atomic E-state index is 6.52. The average Bonchev–Trinajstić information content (AvgIpc) is 2.99. The standard InChI is InChI=1S/C23H22BrClN4/c1-14-21(17-7-5-6-8-18(17)25)22-27-19(23(2,3)4)13-20(29(22)28-14)26-16-11-9-15(24)10-12-16/h5-13,26H,1-4H3. The summed E-state index contributed by atoms with van der Waals surface area (Å²) in [6, 6.07) is 18.0. The number of aryl methyl sites for hydroxylation is 1. The largest absolute Gasteiger partial charge is 0.340 e. The fraction of sp³-hybridized carbons (Fsp3) is 0.217. The van der Waals surface area contributed by atoms with Crippen molar-refractivity contribution in [1.29, 1.82) is 0 Å². The van der Waals surface area contributed by atoms with Crippen molar-refractivity contribution in [1.82, 2.24) is 14.6 Å². The summed E-state index contributed by atoms with van der Waals surface area (Å²) in [5.74, 6) is 0.864. The Hall–Kier alpha value is -2.37. The number of fused-ring (bicyclic) bond motifs is 1. The first-order valence-electron chi connectivity index (χ1n) is 9.42. The van der Waals surface area contributed by atoms with Crippen molar-refractivity contribution >= 4 is 44.7 Å². The Kier molecular flexibility index (Phi) is 5.13. The maximum Gasteiger partial charge on any atom is 0.165 e. The van der Waals surface area contributed by atoms with Gasteiger partial charge in [-0.05, 0) is 37.3 Å². The topological polar surface area (TPSA) is 42.2 Å². The van der Waals surface area contributed by atoms with E-state index in [0.717, 1.165) is 44.1 Å². The van der Waals surface area contributed by atoms with Crippen LogP contribution < -0.4 is 5.32 Å². The van der Waals surface area contributed by atoms with Gasteiger partial charge in [0.15, 0.2) is 5.65 Å². The van der Waals surface area contributed by atoms with Crippen molar-refractivity contribution in [2.24, 2.45) is 0 Å². The monoisotopic (exact) mass is 468 g/mol. The number of anilines is 2. The minimum Gasteiger partial charge on any atom is -0.340 e. The van der Waals surface area contributed by atoms with E-state index in [2.05, 4.69) is 48.1 Å². The number of aromatic nitrogens is 3. The van der Waals surface area contributed by atoms with Crippen LogP contribution in [0.25, 0.3) is 16.8 Å². The quantitative estimate of drug-likeness (QED) is 0.346. The van der Waals surface area contributed by atoms with E-state index in [-0.39, 0.29) is 5.41 Å². The van der Waals surface area contributed by atoms with Crippen molar-refractivity contribution in [2.75, 3.05) is 5.32 Å². The molecule has 0 aliphatic carbocycles. The Morgan fingerprint density at radius 2 is 1.72 bits per heavy atom. The van der Waals surface area contributed by atoms with E-state index in [1.165, 1.54) is 0 Å². The number of hydrogen-bond acceptors (Lipinski definition) is 3. The molecule has 0 spiro atoms. The van der Waals surface area contributed by atoms with Crippen LogP contribution >= 0.6 is 27.5 Å². The third kappa shape index (κ3) is 3.89. The van der Waals surface area contributed by atoms with Gasteiger partial charge in [-0.25, -0.2) is 4.98 Å². The van der Waals surface area contributed by atoms with E-state index in [9.17, 15) is 0 Å². The molecule has 0 saturated heterocycles. The number of nitrogens with zero attached hydrogens (tertiary/aromatic N) is 3. The molecule has 4 nitrogen and oxygen atoms in total. The SMILES string of the molecule is Cc1nn2c(Nc3ccc(Br)cc3)cc(C(C)(C)C)nc2c1-c1ccccc1Cl. The van der Waals surface area contributed by atoms with Crippen LogP contribution in [-0.2, 0) is 5.41 Å². The molecule has 2 heterocycles. The van der Waals surface area contributed by atoms with Gasteiger partial charge in [-0.1, -0.05) is 66.5 Å². The fourth-order valence-electron chi connectivity index (χ4n) is 3.26. The van der Waals surface area contributed by atoms with Crippen molar-refractivity contribution in [2.45, 2.75) is 33.1 Å². The predicted molar refractivity (Wildman–Crippen MR) is 124 cm³/mol. The van der Waals surface area contributed by atoms with Crippen LogP contribution in [0.2, 0.25) is 5.02 Å². The number of rotatable bonds is 3. The molecule has 1 N–H and O–H groups in total. The van der Waals surface area contributed by atoms with Gasteiger partial charge in [0.2, 0.25) is 0 Å². The van der Waals surface area contributed by atoms with Gasteiger partial charge in [0.05, 0.1) is 17.0 Å². The van der Waals surface area contributed by atoms with Gasteiger partial charge in [0.1, 0.15) is 5.82 Å². The molecule has 0 fully saturated rings. The molecule has 0 unspecified atom stereocenters. The summed E-state index contributed by atoms with van der Waals surface area (Å²) >= 11 is 10.0. The van der Waals surface area contributed by atoms with Gasteiger partial charge in [0.25, 0.3) is 0 Å². The molecule has 0 aliphatic rings. The summed E-state index contributed by atoms with van der Waals surface area (Å²) < 4.78 is 2.90. The van der Waals surface area contributed by atoms with Crippen molar-refractivity contribution in [3.63, 3.8) is 0 Å². The zero-order valence-corrected chi connectivity index (χ0v) is 19.1. The summed E-state index contributed by atoms with van der Waals surface area (Å²) in [4.78, 5) is 5.00. The van der Waals surface area contributed by atoms with E-state index in [1.54, 1.807) is 0 Å². The average molecular weight is 470 g/mol. The second kappa shape index (κ2) is 7.47. The molecule has 29 heavy (non-hydrogen) atoms. The van der Waals surface area contributed by atoms with Crippen LogP contribution in [0.4, 0.5) is 11.5 Å². The molecule has 0 bridgehead atoms. The number of halogens is 2. The number of benzene rings is 2. The summed E-state index contributed by atoms with van der Waals surface area (Å²) in [7, 11) is 0. The molecule has 0 atom stereocenters. The van der Waals surface area contributed by atoms with E-state index in [0.29, 0.717) is 5.02 Å². The summed E-state index contributed by atoms with van der Waals surface area (Å²) in [6.45, 7) is 8.47. The lowest BCUT2D eigenvalue weighted by Gasteiger charge is -2.20. The summed E-state index contributed by atoms with van der Waals surface area (Å²) in [5.41, 5.74) is 5.42. The minimum absolute atomic E-state index is 0.117. The fourth-order valence-corrected chi connectivity index (χ4v) is 3.75. The zero-order chi connectivity index (χ0) is 20.8. The molecule has 4 aromatic rings. The molecule has 6 heteroatoms. The van der Waals surface area contributed by atoms with Gasteiger partial charge < -0.3 is 5.32 Å². The van der Waals surface area contributed by atoms with Crippen LogP contribution in [0.15, 0.2) is 59.1 Å². The first-order valence-corrected chi connectivity index (χ1v) is 10.6. The lowest BCUT2D eigenvalue weighted by Crippen LogP contribution is -2.16. The number of nitrogens with one attached hydrogen (secondary N) is 1. The van der Waals surface area contributed by atoms with Crippen LogP contribution in [0, 0.1) is 6.92 Å². The second-order valence-corrected chi connectivity index (χ2v) is 9.41. The molecular weight excluding hydrogens is 448 g/mol. The highest BCUT2D eigenvalue weighted by atomic mass is 79.9. The third-order valence-corrected chi connectivity index (χ3v) is 5.65. The first-order chi connectivity index (χ1) is 13.7. The minimum atomic E-state index is -0.117. The molecule has 148 valence electrons. The molecule has 2 aromatic carbocycles. The van der Waals surface area contributed by atoms with E-state index in [1.807, 2.05) is 60.0 Å². The maximum atomic E-state index is 6.52. The Labute approximate surface area is 184 Å². The van der Waals surface area contributed by atoms with Crippen LogP contribution in [-0.4, -0.2) is 14.6 Å². The smallest absolute Gasteiger partial charge is 0.165 e. The van der Waals surface area contributed by atoms with Gasteiger partial charge in [-0.15, -0.1) is 0 Å². The van der Waals surface area contributed by atoms with Crippen molar-refractivity contribution in [3.05, 3.63) is 75.5 Å². The molecule has 0 saturated carbocycles. The lowest BCUT2D eigenvalue weighted by atomic mass is 9.92. The van der Waals surface area contributed by atoms with Crippen molar-refractivity contribution in [3.8, 4) is 11.1 Å².